The number of halogens is 1. The first-order valence-electron chi connectivity index (χ1n) is 2.41. The number of rotatable bonds is 1. The van der Waals surface area contributed by atoms with Gasteiger partial charge in [0.15, 0.2) is 0 Å². The Morgan fingerprint density at radius 2 is 2.40 bits per heavy atom. The number of alkyl halides is 1. The summed E-state index contributed by atoms with van der Waals surface area (Å²) >= 11 is 0. The van der Waals surface area contributed by atoms with E-state index >= 15 is 0 Å². The van der Waals surface area contributed by atoms with E-state index in [9.17, 15) is 9.18 Å². The van der Waals surface area contributed by atoms with Gasteiger partial charge in [0, 0.05) is 6.20 Å². The van der Waals surface area contributed by atoms with Crippen LogP contribution in [0, 0.1) is 0 Å². The smallest absolute Gasteiger partial charge is 0.353 e. The number of aromatic carboxylic acids is 1. The number of nitrogens with zero attached hydrogens (tertiary/aromatic N) is 1. The minimum absolute atomic E-state index is 0.116. The van der Waals surface area contributed by atoms with Crippen molar-refractivity contribution in [2.75, 3.05) is 7.18 Å². The van der Waals surface area contributed by atoms with Crippen molar-refractivity contribution in [2.24, 2.45) is 0 Å². The molecule has 0 bridgehead atoms. The van der Waals surface area contributed by atoms with Crippen LogP contribution in [-0.2, 0) is 0 Å². The highest BCUT2D eigenvalue weighted by atomic mass is 19.1. The number of aromatic amines is 1. The first-order chi connectivity index (χ1) is 4.80. The first-order valence-corrected chi connectivity index (χ1v) is 2.41. The van der Waals surface area contributed by atoms with E-state index in [1.165, 1.54) is 12.3 Å². The van der Waals surface area contributed by atoms with E-state index in [2.05, 4.69) is 10.2 Å². The lowest BCUT2D eigenvalue weighted by atomic mass is 10.5. The van der Waals surface area contributed by atoms with Gasteiger partial charge in [-0.25, -0.2) is 4.79 Å². The average molecular weight is 146 g/mol. The van der Waals surface area contributed by atoms with Gasteiger partial charge in [-0.3, -0.25) is 9.49 Å². The summed E-state index contributed by atoms with van der Waals surface area (Å²) in [7, 11) is 0.500. The highest BCUT2D eigenvalue weighted by Crippen LogP contribution is 1.87. The molecule has 56 valence electrons. The van der Waals surface area contributed by atoms with Crippen LogP contribution >= 0.6 is 0 Å². The molecule has 2 N–H and O–H groups in total. The van der Waals surface area contributed by atoms with Crippen LogP contribution in [0.3, 0.4) is 0 Å². The molecular formula is C5H7FN2O2. The van der Waals surface area contributed by atoms with Gasteiger partial charge >= 0.3 is 5.97 Å². The summed E-state index contributed by atoms with van der Waals surface area (Å²) in [6.45, 7) is 0. The van der Waals surface area contributed by atoms with Gasteiger partial charge in [0.1, 0.15) is 5.69 Å². The largest absolute Gasteiger partial charge is 0.477 e. The van der Waals surface area contributed by atoms with Crippen LogP contribution in [-0.4, -0.2) is 28.5 Å². The molecule has 1 rings (SSSR count). The fourth-order valence-corrected chi connectivity index (χ4v) is 0.375. The minimum Gasteiger partial charge on any atom is -0.477 e. The van der Waals surface area contributed by atoms with E-state index in [0.717, 1.165) is 0 Å². The SMILES string of the molecule is CF.O=C(O)c1ccn[nH]1. The molecule has 0 atom stereocenters. The van der Waals surface area contributed by atoms with Crippen LogP contribution in [0.25, 0.3) is 0 Å². The molecule has 4 nitrogen and oxygen atoms in total. The maximum absolute atomic E-state index is 9.99. The molecule has 5 heteroatoms. The Bertz CT molecular complexity index is 186. The number of carbonyl (C=O) groups is 1. The molecule has 0 aliphatic heterocycles. The summed E-state index contributed by atoms with van der Waals surface area (Å²) in [6.07, 6.45) is 1.39. The quantitative estimate of drug-likeness (QED) is 0.612. The zero-order valence-electron chi connectivity index (χ0n) is 5.34. The second-order valence-corrected chi connectivity index (χ2v) is 1.28. The lowest BCUT2D eigenvalue weighted by molar-refractivity contribution is 0.0690. The zero-order chi connectivity index (χ0) is 7.98. The fourth-order valence-electron chi connectivity index (χ4n) is 0.375. The second-order valence-electron chi connectivity index (χ2n) is 1.28. The Morgan fingerprint density at radius 3 is 2.60 bits per heavy atom. The van der Waals surface area contributed by atoms with Crippen molar-refractivity contribution >= 4 is 5.97 Å². The zero-order valence-corrected chi connectivity index (χ0v) is 5.34. The van der Waals surface area contributed by atoms with E-state index < -0.39 is 5.97 Å². The second kappa shape index (κ2) is 4.49. The highest BCUT2D eigenvalue weighted by molar-refractivity contribution is 5.84. The maximum Gasteiger partial charge on any atom is 0.353 e. The Morgan fingerprint density at radius 1 is 1.80 bits per heavy atom. The minimum atomic E-state index is -0.984. The van der Waals surface area contributed by atoms with Crippen molar-refractivity contribution in [3.63, 3.8) is 0 Å². The van der Waals surface area contributed by atoms with E-state index in [-0.39, 0.29) is 5.69 Å². The molecule has 0 aromatic carbocycles. The first kappa shape index (κ1) is 8.61. The average Bonchev–Trinajstić information content (AvgIpc) is 2.42. The van der Waals surface area contributed by atoms with Crippen LogP contribution < -0.4 is 0 Å². The topological polar surface area (TPSA) is 66.0 Å². The van der Waals surface area contributed by atoms with Gasteiger partial charge in [0.2, 0.25) is 0 Å². The molecule has 0 saturated carbocycles. The molecule has 0 aliphatic carbocycles. The summed E-state index contributed by atoms with van der Waals surface area (Å²) in [6, 6.07) is 1.39. The van der Waals surface area contributed by atoms with Gasteiger partial charge in [-0.15, -0.1) is 0 Å². The van der Waals surface area contributed by atoms with Gasteiger partial charge in [0.05, 0.1) is 7.18 Å². The normalized spacial score (nSPS) is 7.80. The number of hydrogen-bond donors (Lipinski definition) is 2. The fraction of sp³-hybridized carbons (Fsp3) is 0.200. The highest BCUT2D eigenvalue weighted by Gasteiger charge is 1.99. The number of aromatic nitrogens is 2. The molecule has 0 unspecified atom stereocenters. The van der Waals surface area contributed by atoms with Gasteiger partial charge in [-0.1, -0.05) is 0 Å². The van der Waals surface area contributed by atoms with E-state index in [4.69, 9.17) is 5.11 Å². The van der Waals surface area contributed by atoms with Gasteiger partial charge in [-0.05, 0) is 6.07 Å². The van der Waals surface area contributed by atoms with E-state index in [1.807, 2.05) is 0 Å². The summed E-state index contributed by atoms with van der Waals surface area (Å²) in [5.74, 6) is -0.984. The molecule has 0 fully saturated rings. The molecule has 1 aromatic rings. The van der Waals surface area contributed by atoms with Crippen LogP contribution in [0.15, 0.2) is 12.3 Å². The van der Waals surface area contributed by atoms with Crippen molar-refractivity contribution < 1.29 is 14.3 Å². The molecule has 1 aromatic heterocycles. The molecule has 0 saturated heterocycles. The summed E-state index contributed by atoms with van der Waals surface area (Å²) in [4.78, 5) is 9.99. The number of carboxylic acid groups (broad SMARTS) is 1. The molecular weight excluding hydrogens is 139 g/mol. The summed E-state index contributed by atoms with van der Waals surface area (Å²) < 4.78 is 9.50. The van der Waals surface area contributed by atoms with Gasteiger partial charge in [-0.2, -0.15) is 5.10 Å². The third-order valence-corrected chi connectivity index (χ3v) is 0.731. The van der Waals surface area contributed by atoms with Gasteiger partial charge < -0.3 is 5.11 Å². The van der Waals surface area contributed by atoms with Crippen LogP contribution in [0.1, 0.15) is 10.5 Å². The molecule has 0 amide bonds. The number of H-pyrrole nitrogens is 1. The lowest BCUT2D eigenvalue weighted by Gasteiger charge is -1.79. The summed E-state index contributed by atoms with van der Waals surface area (Å²) in [5, 5.41) is 13.9. The third-order valence-electron chi connectivity index (χ3n) is 0.731. The van der Waals surface area contributed by atoms with E-state index in [0.29, 0.717) is 7.18 Å². The number of carboxylic acids is 1. The van der Waals surface area contributed by atoms with E-state index in [1.54, 1.807) is 0 Å². The Balaban J connectivity index is 0.000000371. The van der Waals surface area contributed by atoms with Crippen LogP contribution in [0.4, 0.5) is 4.39 Å². The Kier molecular flexibility index (Phi) is 3.86. The number of nitrogens with one attached hydrogen (secondary N) is 1. The predicted molar refractivity (Wildman–Crippen MR) is 32.6 cm³/mol. The van der Waals surface area contributed by atoms with Gasteiger partial charge in [0.25, 0.3) is 0 Å². The molecule has 1 heterocycles. The summed E-state index contributed by atoms with van der Waals surface area (Å²) in [5.41, 5.74) is 0.116. The monoisotopic (exact) mass is 146 g/mol. The Labute approximate surface area is 56.7 Å². The standard InChI is InChI=1S/C4H4N2O2.CH3F/c7-4(8)3-1-2-5-6-3;1-2/h1-2H,(H,5,6)(H,7,8);1H3. The molecule has 0 aliphatic rings. The Hall–Kier alpha value is -1.39. The lowest BCUT2D eigenvalue weighted by Crippen LogP contribution is -1.95. The predicted octanol–water partition coefficient (Wildman–Crippen LogP) is 0.694. The number of hydrogen-bond acceptors (Lipinski definition) is 2. The molecule has 0 radical (unpaired) electrons. The maximum atomic E-state index is 9.99. The van der Waals surface area contributed by atoms with Crippen molar-refractivity contribution in [2.45, 2.75) is 0 Å². The van der Waals surface area contributed by atoms with Crippen molar-refractivity contribution in [1.29, 1.82) is 0 Å². The van der Waals surface area contributed by atoms with Crippen LogP contribution in [0.2, 0.25) is 0 Å². The van der Waals surface area contributed by atoms with Crippen molar-refractivity contribution in [3.05, 3.63) is 18.0 Å². The third kappa shape index (κ3) is 2.25. The van der Waals surface area contributed by atoms with Crippen LogP contribution in [0.5, 0.6) is 0 Å². The molecule has 0 spiro atoms. The van der Waals surface area contributed by atoms with Crippen molar-refractivity contribution in [1.82, 2.24) is 10.2 Å². The van der Waals surface area contributed by atoms with Crippen molar-refractivity contribution in [3.8, 4) is 0 Å². The molecule has 10 heavy (non-hydrogen) atoms.